The first-order valence-corrected chi connectivity index (χ1v) is 9.78. The van der Waals surface area contributed by atoms with E-state index in [2.05, 4.69) is 44.1 Å². The second-order valence-electron chi connectivity index (χ2n) is 6.98. The fraction of sp³-hybridized carbons (Fsp3) is 0.238. The minimum atomic E-state index is -0.199. The Kier molecular flexibility index (Phi) is 4.95. The number of guanidine groups is 1. The molecular weight excluding hydrogens is 420 g/mol. The van der Waals surface area contributed by atoms with Crippen molar-refractivity contribution in [1.29, 1.82) is 0 Å². The zero-order chi connectivity index (χ0) is 19.7. The van der Waals surface area contributed by atoms with E-state index >= 15 is 0 Å². The molecule has 28 heavy (non-hydrogen) atoms. The van der Waals surface area contributed by atoms with Crippen molar-refractivity contribution in [1.82, 2.24) is 15.2 Å². The number of hydrogen-bond donors (Lipinski definition) is 2. The molecule has 1 aliphatic heterocycles. The maximum absolute atomic E-state index is 9.24. The van der Waals surface area contributed by atoms with Crippen molar-refractivity contribution in [2.24, 2.45) is 4.99 Å². The van der Waals surface area contributed by atoms with E-state index in [1.54, 1.807) is 18.3 Å². The summed E-state index contributed by atoms with van der Waals surface area (Å²) in [6.07, 6.45) is 6.49. The Labute approximate surface area is 172 Å². The van der Waals surface area contributed by atoms with E-state index in [0.717, 1.165) is 34.0 Å². The fourth-order valence-corrected chi connectivity index (χ4v) is 3.51. The summed E-state index contributed by atoms with van der Waals surface area (Å²) in [5.41, 5.74) is 2.31. The molecule has 0 saturated carbocycles. The molecule has 0 amide bonds. The number of aliphatic hydroxyl groups is 1. The third-order valence-electron chi connectivity index (χ3n) is 5.12. The van der Waals surface area contributed by atoms with Crippen LogP contribution in [0.5, 0.6) is 5.75 Å². The topological polar surface area (TPSA) is 70.0 Å². The number of halogens is 1. The maximum Gasteiger partial charge on any atom is 0.204 e. The Morgan fingerprint density at radius 1 is 1.32 bits per heavy atom. The van der Waals surface area contributed by atoms with Crippen LogP contribution in [0.2, 0.25) is 0 Å². The van der Waals surface area contributed by atoms with Gasteiger partial charge in [-0.05, 0) is 49.8 Å². The number of fused-ring (bicyclic) bond motifs is 1. The SMILES string of the molecule is CN1C(=Nc2ccc(Br)cc2)NC2=CC(Oc3ccnc(CO)c3)=CCC21C. The lowest BCUT2D eigenvalue weighted by Crippen LogP contribution is -2.41. The molecule has 1 aliphatic carbocycles. The number of benzene rings is 1. The van der Waals surface area contributed by atoms with Crippen molar-refractivity contribution < 1.29 is 9.84 Å². The molecule has 1 atom stereocenters. The normalized spacial score (nSPS) is 22.4. The lowest BCUT2D eigenvalue weighted by atomic mass is 9.89. The fourth-order valence-electron chi connectivity index (χ4n) is 3.25. The van der Waals surface area contributed by atoms with Gasteiger partial charge in [0, 0.05) is 35.6 Å². The average Bonchev–Trinajstić information content (AvgIpc) is 2.94. The van der Waals surface area contributed by atoms with Gasteiger partial charge >= 0.3 is 0 Å². The number of nitrogens with one attached hydrogen (secondary N) is 1. The maximum atomic E-state index is 9.24. The molecule has 0 bridgehead atoms. The quantitative estimate of drug-likeness (QED) is 0.754. The largest absolute Gasteiger partial charge is 0.458 e. The zero-order valence-corrected chi connectivity index (χ0v) is 17.3. The average molecular weight is 441 g/mol. The minimum absolute atomic E-state index is 0.113. The number of allylic oxidation sites excluding steroid dienone is 1. The van der Waals surface area contributed by atoms with Crippen molar-refractivity contribution in [2.45, 2.75) is 25.5 Å². The van der Waals surface area contributed by atoms with E-state index in [0.29, 0.717) is 11.4 Å². The summed E-state index contributed by atoms with van der Waals surface area (Å²) in [4.78, 5) is 11.0. The smallest absolute Gasteiger partial charge is 0.204 e. The summed E-state index contributed by atoms with van der Waals surface area (Å²) >= 11 is 3.45. The highest BCUT2D eigenvalue weighted by Gasteiger charge is 2.43. The molecule has 144 valence electrons. The van der Waals surface area contributed by atoms with E-state index in [-0.39, 0.29) is 12.1 Å². The van der Waals surface area contributed by atoms with Crippen LogP contribution in [0.1, 0.15) is 19.0 Å². The molecule has 2 N–H and O–H groups in total. The molecule has 6 nitrogen and oxygen atoms in total. The van der Waals surface area contributed by atoms with Gasteiger partial charge in [0.15, 0.2) is 0 Å². The number of nitrogens with zero attached hydrogens (tertiary/aromatic N) is 3. The molecule has 0 spiro atoms. The van der Waals surface area contributed by atoms with Gasteiger partial charge in [-0.25, -0.2) is 4.99 Å². The molecular formula is C21H21BrN4O2. The Balaban J connectivity index is 1.56. The van der Waals surface area contributed by atoms with Crippen molar-refractivity contribution in [2.75, 3.05) is 7.05 Å². The number of ether oxygens (including phenoxy) is 1. The van der Waals surface area contributed by atoms with Gasteiger partial charge in [-0.3, -0.25) is 4.98 Å². The second kappa shape index (κ2) is 7.41. The number of hydrogen-bond acceptors (Lipinski definition) is 4. The Morgan fingerprint density at radius 3 is 2.86 bits per heavy atom. The molecule has 0 radical (unpaired) electrons. The summed E-state index contributed by atoms with van der Waals surface area (Å²) in [5.74, 6) is 2.21. The van der Waals surface area contributed by atoms with Gasteiger partial charge in [0.25, 0.3) is 0 Å². The third-order valence-corrected chi connectivity index (χ3v) is 5.65. The van der Waals surface area contributed by atoms with Crippen molar-refractivity contribution in [3.8, 4) is 5.75 Å². The van der Waals surface area contributed by atoms with Crippen molar-refractivity contribution in [3.05, 3.63) is 76.4 Å². The van der Waals surface area contributed by atoms with E-state index in [4.69, 9.17) is 9.73 Å². The van der Waals surface area contributed by atoms with Crippen LogP contribution in [-0.4, -0.2) is 33.5 Å². The molecule has 1 unspecified atom stereocenters. The molecule has 1 saturated heterocycles. The molecule has 7 heteroatoms. The minimum Gasteiger partial charge on any atom is -0.458 e. The summed E-state index contributed by atoms with van der Waals surface area (Å²) in [7, 11) is 2.04. The standard InChI is InChI=1S/C21H21BrN4O2/c1-21-9-7-17(28-18-8-10-23-16(11-18)13-27)12-19(21)25-20(26(21)2)24-15-5-3-14(22)4-6-15/h3-8,10-12,27H,9,13H2,1-2H3,(H,24,25). The molecule has 1 fully saturated rings. The summed E-state index contributed by atoms with van der Waals surface area (Å²) < 4.78 is 7.01. The number of likely N-dealkylation sites (N-methyl/N-ethyl adjacent to an activating group) is 1. The molecule has 1 aromatic carbocycles. The highest BCUT2D eigenvalue weighted by molar-refractivity contribution is 9.10. The van der Waals surface area contributed by atoms with Gasteiger partial charge < -0.3 is 20.1 Å². The van der Waals surface area contributed by atoms with Crippen LogP contribution in [0.25, 0.3) is 0 Å². The molecule has 2 heterocycles. The number of pyridine rings is 1. The Morgan fingerprint density at radius 2 is 2.11 bits per heavy atom. The van der Waals surface area contributed by atoms with E-state index in [9.17, 15) is 5.11 Å². The number of aliphatic imine (C=N–C) groups is 1. The van der Waals surface area contributed by atoms with Crippen molar-refractivity contribution >= 4 is 27.6 Å². The predicted octanol–water partition coefficient (Wildman–Crippen LogP) is 3.87. The van der Waals surface area contributed by atoms with Crippen molar-refractivity contribution in [3.63, 3.8) is 0 Å². The lowest BCUT2D eigenvalue weighted by molar-refractivity contribution is 0.275. The van der Waals surface area contributed by atoms with Gasteiger partial charge in [0.2, 0.25) is 5.96 Å². The highest BCUT2D eigenvalue weighted by Crippen LogP contribution is 2.37. The van der Waals surface area contributed by atoms with Crippen LogP contribution in [-0.2, 0) is 6.61 Å². The van der Waals surface area contributed by atoms with Gasteiger partial charge in [0.05, 0.1) is 23.5 Å². The van der Waals surface area contributed by atoms with E-state index < -0.39 is 0 Å². The highest BCUT2D eigenvalue weighted by atomic mass is 79.9. The first-order chi connectivity index (χ1) is 13.5. The van der Waals surface area contributed by atoms with Crippen LogP contribution in [0.15, 0.2) is 75.7 Å². The first kappa shape index (κ1) is 18.7. The number of aliphatic hydroxyl groups excluding tert-OH is 1. The van der Waals surface area contributed by atoms with Gasteiger partial charge in [-0.1, -0.05) is 15.9 Å². The number of rotatable bonds is 4. The van der Waals surface area contributed by atoms with E-state index in [1.165, 1.54) is 0 Å². The first-order valence-electron chi connectivity index (χ1n) is 8.99. The molecule has 1 aromatic heterocycles. The summed E-state index contributed by atoms with van der Waals surface area (Å²) in [6, 6.07) is 11.4. The van der Waals surface area contributed by atoms with Gasteiger partial charge in [-0.2, -0.15) is 0 Å². The van der Waals surface area contributed by atoms with Crippen LogP contribution in [0, 0.1) is 0 Å². The summed E-state index contributed by atoms with van der Waals surface area (Å²) in [5, 5.41) is 12.7. The van der Waals surface area contributed by atoms with Gasteiger partial charge in [-0.15, -0.1) is 0 Å². The number of aromatic nitrogens is 1. The third kappa shape index (κ3) is 3.55. The zero-order valence-electron chi connectivity index (χ0n) is 15.7. The van der Waals surface area contributed by atoms with E-state index in [1.807, 2.05) is 37.4 Å². The lowest BCUT2D eigenvalue weighted by Gasteiger charge is -2.33. The second-order valence-corrected chi connectivity index (χ2v) is 7.90. The summed E-state index contributed by atoms with van der Waals surface area (Å²) in [6.45, 7) is 2.07. The monoisotopic (exact) mass is 440 g/mol. The van der Waals surface area contributed by atoms with Crippen LogP contribution >= 0.6 is 15.9 Å². The van der Waals surface area contributed by atoms with Crippen LogP contribution < -0.4 is 10.1 Å². The Bertz CT molecular complexity index is 984. The van der Waals surface area contributed by atoms with Crippen LogP contribution in [0.3, 0.4) is 0 Å². The molecule has 2 aliphatic rings. The molecule has 4 rings (SSSR count). The molecule has 2 aromatic rings. The van der Waals surface area contributed by atoms with Gasteiger partial charge in [0.1, 0.15) is 11.5 Å². The Hall–Kier alpha value is -2.64. The predicted molar refractivity (Wildman–Crippen MR) is 112 cm³/mol. The van der Waals surface area contributed by atoms with Crippen LogP contribution in [0.4, 0.5) is 5.69 Å².